The van der Waals surface area contributed by atoms with Crippen LogP contribution in [0.2, 0.25) is 0 Å². The van der Waals surface area contributed by atoms with Crippen LogP contribution in [0.3, 0.4) is 0 Å². The summed E-state index contributed by atoms with van der Waals surface area (Å²) in [6, 6.07) is 2.03. The van der Waals surface area contributed by atoms with Crippen LogP contribution in [0.1, 0.15) is 5.69 Å². The van der Waals surface area contributed by atoms with Gasteiger partial charge < -0.3 is 0 Å². The smallest absolute Gasteiger partial charge is 0.128 e. The Balaban J connectivity index is 2.44. The molecule has 2 rings (SSSR count). The molecule has 0 bridgehead atoms. The number of aromatic nitrogens is 2. The highest BCUT2D eigenvalue weighted by atomic mass is 79.9. The lowest BCUT2D eigenvalue weighted by atomic mass is 10.4. The van der Waals surface area contributed by atoms with Gasteiger partial charge in [-0.3, -0.25) is 4.68 Å². The van der Waals surface area contributed by atoms with E-state index in [1.165, 1.54) is 5.69 Å². The van der Waals surface area contributed by atoms with Gasteiger partial charge in [0.25, 0.3) is 0 Å². The zero-order valence-electron chi connectivity index (χ0n) is 5.83. The van der Waals surface area contributed by atoms with E-state index in [1.54, 1.807) is 0 Å². The van der Waals surface area contributed by atoms with E-state index in [9.17, 15) is 0 Å². The first-order valence-electron chi connectivity index (χ1n) is 3.34. The fourth-order valence-corrected chi connectivity index (χ4v) is 2.16. The second kappa shape index (κ2) is 3.03. The predicted octanol–water partition coefficient (Wildman–Crippen LogP) is 2.36. The van der Waals surface area contributed by atoms with Crippen molar-refractivity contribution in [3.05, 3.63) is 22.4 Å². The molecule has 0 N–H and O–H groups in total. The van der Waals surface area contributed by atoms with Crippen LogP contribution in [0, 0.1) is 0 Å². The van der Waals surface area contributed by atoms with Crippen LogP contribution >= 0.6 is 27.7 Å². The Hall–Kier alpha value is -0.220. The molecule has 1 aromatic rings. The second-order valence-electron chi connectivity index (χ2n) is 2.29. The lowest BCUT2D eigenvalue weighted by Gasteiger charge is -1.97. The van der Waals surface area contributed by atoms with Gasteiger partial charge in [0.1, 0.15) is 4.60 Å². The first kappa shape index (κ1) is 7.43. The van der Waals surface area contributed by atoms with E-state index >= 15 is 0 Å². The van der Waals surface area contributed by atoms with Crippen LogP contribution in [0.25, 0.3) is 6.08 Å². The third-order valence-electron chi connectivity index (χ3n) is 1.50. The van der Waals surface area contributed by atoms with Crippen LogP contribution in [0.4, 0.5) is 0 Å². The minimum Gasteiger partial charge on any atom is -0.254 e. The second-order valence-corrected chi connectivity index (χ2v) is 4.11. The molecule has 1 aliphatic rings. The van der Waals surface area contributed by atoms with Crippen molar-refractivity contribution in [3.8, 4) is 0 Å². The van der Waals surface area contributed by atoms with E-state index < -0.39 is 0 Å². The van der Waals surface area contributed by atoms with Gasteiger partial charge in [-0.2, -0.15) is 5.10 Å². The zero-order valence-corrected chi connectivity index (χ0v) is 8.23. The van der Waals surface area contributed by atoms with Crippen molar-refractivity contribution >= 4 is 33.8 Å². The minimum atomic E-state index is 0.916. The van der Waals surface area contributed by atoms with Gasteiger partial charge in [-0.25, -0.2) is 0 Å². The lowest BCUT2D eigenvalue weighted by Crippen LogP contribution is -1.97. The van der Waals surface area contributed by atoms with Gasteiger partial charge in [0.2, 0.25) is 0 Å². The molecule has 0 atom stereocenters. The van der Waals surface area contributed by atoms with E-state index in [2.05, 4.69) is 33.2 Å². The van der Waals surface area contributed by atoms with Gasteiger partial charge in [0, 0.05) is 5.75 Å². The molecule has 1 aromatic heterocycles. The molecule has 2 heterocycles. The average molecular weight is 231 g/mol. The third kappa shape index (κ3) is 1.51. The summed E-state index contributed by atoms with van der Waals surface area (Å²) in [5.74, 6) is 2.04. The Morgan fingerprint density at radius 1 is 1.64 bits per heavy atom. The van der Waals surface area contributed by atoms with Crippen LogP contribution in [-0.4, -0.2) is 15.5 Å². The van der Waals surface area contributed by atoms with E-state index in [0.29, 0.717) is 0 Å². The molecule has 0 saturated heterocycles. The van der Waals surface area contributed by atoms with Gasteiger partial charge in [0.05, 0.1) is 11.6 Å². The van der Waals surface area contributed by atoms with Gasteiger partial charge in [-0.1, -0.05) is 6.08 Å². The highest BCUT2D eigenvalue weighted by Gasteiger charge is 2.04. The van der Waals surface area contributed by atoms with Crippen molar-refractivity contribution in [2.24, 2.45) is 0 Å². The van der Waals surface area contributed by atoms with Crippen LogP contribution in [0.5, 0.6) is 0 Å². The van der Waals surface area contributed by atoms with E-state index in [-0.39, 0.29) is 0 Å². The molecule has 0 fully saturated rings. The Morgan fingerprint density at radius 2 is 2.55 bits per heavy atom. The number of halogens is 1. The Kier molecular flexibility index (Phi) is 2.05. The molecule has 4 heteroatoms. The van der Waals surface area contributed by atoms with E-state index in [0.717, 1.165) is 16.2 Å². The van der Waals surface area contributed by atoms with Crippen molar-refractivity contribution in [2.45, 2.75) is 5.88 Å². The molecule has 0 amide bonds. The number of thioether (sulfide) groups is 1. The van der Waals surface area contributed by atoms with Crippen LogP contribution < -0.4 is 0 Å². The minimum absolute atomic E-state index is 0.916. The predicted molar refractivity (Wildman–Crippen MR) is 51.4 cm³/mol. The van der Waals surface area contributed by atoms with Crippen molar-refractivity contribution in [3.63, 3.8) is 0 Å². The maximum Gasteiger partial charge on any atom is 0.128 e. The normalized spacial score (nSPS) is 16.1. The van der Waals surface area contributed by atoms with Gasteiger partial charge in [0.15, 0.2) is 0 Å². The monoisotopic (exact) mass is 230 g/mol. The quantitative estimate of drug-likeness (QED) is 0.682. The van der Waals surface area contributed by atoms with Crippen LogP contribution in [0.15, 0.2) is 16.7 Å². The Labute approximate surface area is 77.8 Å². The van der Waals surface area contributed by atoms with Crippen molar-refractivity contribution in [2.75, 3.05) is 5.75 Å². The molecular formula is C7H7BrN2S. The van der Waals surface area contributed by atoms with Crippen molar-refractivity contribution in [1.29, 1.82) is 0 Å². The van der Waals surface area contributed by atoms with Gasteiger partial charge >= 0.3 is 0 Å². The summed E-state index contributed by atoms with van der Waals surface area (Å²) < 4.78 is 2.91. The molecule has 58 valence electrons. The summed E-state index contributed by atoms with van der Waals surface area (Å²) >= 11 is 5.21. The van der Waals surface area contributed by atoms with E-state index in [4.69, 9.17) is 0 Å². The van der Waals surface area contributed by atoms with Gasteiger partial charge in [-0.05, 0) is 28.1 Å². The number of nitrogens with zero attached hydrogens (tertiary/aromatic N) is 2. The number of fused-ring (bicyclic) bond motifs is 1. The summed E-state index contributed by atoms with van der Waals surface area (Å²) in [5, 5.41) is 4.27. The van der Waals surface area contributed by atoms with E-state index in [1.807, 2.05) is 22.5 Å². The molecule has 11 heavy (non-hydrogen) atoms. The lowest BCUT2D eigenvalue weighted by molar-refractivity contribution is 0.739. The summed E-state index contributed by atoms with van der Waals surface area (Å²) in [6.45, 7) is 0. The number of hydrogen-bond donors (Lipinski definition) is 0. The maximum absolute atomic E-state index is 4.27. The summed E-state index contributed by atoms with van der Waals surface area (Å²) in [4.78, 5) is 0. The first-order valence-corrected chi connectivity index (χ1v) is 5.29. The molecule has 0 aliphatic carbocycles. The number of hydrogen-bond acceptors (Lipinski definition) is 2. The maximum atomic E-state index is 4.27. The summed E-state index contributed by atoms with van der Waals surface area (Å²) in [5.41, 5.74) is 1.18. The fraction of sp³-hybridized carbons (Fsp3) is 0.286. The van der Waals surface area contributed by atoms with Gasteiger partial charge in [-0.15, -0.1) is 11.8 Å². The summed E-state index contributed by atoms with van der Waals surface area (Å²) in [7, 11) is 0. The third-order valence-corrected chi connectivity index (χ3v) is 2.74. The Morgan fingerprint density at radius 3 is 3.45 bits per heavy atom. The van der Waals surface area contributed by atoms with Crippen molar-refractivity contribution in [1.82, 2.24) is 9.78 Å². The fourth-order valence-electron chi connectivity index (χ4n) is 1.01. The molecule has 0 spiro atoms. The first-order chi connectivity index (χ1) is 5.36. The molecule has 0 aromatic carbocycles. The van der Waals surface area contributed by atoms with Crippen LogP contribution in [-0.2, 0) is 5.88 Å². The average Bonchev–Trinajstić information content (AvgIpc) is 2.17. The topological polar surface area (TPSA) is 17.8 Å². The van der Waals surface area contributed by atoms with Crippen molar-refractivity contribution < 1.29 is 0 Å². The molecular weight excluding hydrogens is 224 g/mol. The number of rotatable bonds is 0. The summed E-state index contributed by atoms with van der Waals surface area (Å²) in [6.07, 6.45) is 4.27. The molecule has 2 nitrogen and oxygen atoms in total. The molecule has 0 radical (unpaired) electrons. The highest BCUT2D eigenvalue weighted by Crippen LogP contribution is 2.18. The molecule has 0 unspecified atom stereocenters. The largest absolute Gasteiger partial charge is 0.254 e. The molecule has 0 saturated carbocycles. The zero-order chi connectivity index (χ0) is 7.68. The Bertz CT molecular complexity index is 293. The molecule has 1 aliphatic heterocycles. The highest BCUT2D eigenvalue weighted by molar-refractivity contribution is 9.10. The SMILES string of the molecule is Brc1cc2n(n1)CSCC=C2. The standard InChI is InChI=1S/C7H7BrN2S/c8-7-4-6-2-1-3-11-5-10(6)9-7/h1-2,4H,3,5H2.